The molecule has 1 saturated heterocycles. The number of carbonyl (C=O) groups excluding carboxylic acids is 1. The zero-order valence-corrected chi connectivity index (χ0v) is 16.1. The van der Waals surface area contributed by atoms with Gasteiger partial charge in [0.05, 0.1) is 22.7 Å². The Hall–Kier alpha value is -1.40. The summed E-state index contributed by atoms with van der Waals surface area (Å²) in [6.45, 7) is 1.93. The molecule has 2 heterocycles. The quantitative estimate of drug-likeness (QED) is 0.792. The molecule has 6 heteroatoms. The van der Waals surface area contributed by atoms with Crippen molar-refractivity contribution in [2.45, 2.75) is 69.6 Å². The van der Waals surface area contributed by atoms with Crippen LogP contribution < -0.4 is 5.32 Å². The molecule has 5 nitrogen and oxygen atoms in total. The van der Waals surface area contributed by atoms with Gasteiger partial charge in [-0.15, -0.1) is 0 Å². The minimum absolute atomic E-state index is 0.0186. The van der Waals surface area contributed by atoms with E-state index in [4.69, 9.17) is 4.98 Å². The normalized spacial score (nSPS) is 30.4. The van der Waals surface area contributed by atoms with E-state index in [9.17, 15) is 9.90 Å². The van der Waals surface area contributed by atoms with Gasteiger partial charge >= 0.3 is 0 Å². The van der Waals surface area contributed by atoms with Crippen molar-refractivity contribution in [3.8, 4) is 0 Å². The van der Waals surface area contributed by atoms with Crippen LogP contribution in [-0.2, 0) is 4.79 Å². The van der Waals surface area contributed by atoms with Crippen LogP contribution in [0, 0.1) is 0 Å². The van der Waals surface area contributed by atoms with Crippen LogP contribution in [0.5, 0.6) is 0 Å². The Morgan fingerprint density at radius 3 is 2.80 bits per heavy atom. The fourth-order valence-corrected chi connectivity index (χ4v) is 4.55. The highest BCUT2D eigenvalue weighted by atomic mass is 79.9. The number of hydrogen-bond donors (Lipinski definition) is 2. The fourth-order valence-electron chi connectivity index (χ4n) is 4.20. The summed E-state index contributed by atoms with van der Waals surface area (Å²) in [7, 11) is 0. The lowest BCUT2D eigenvalue weighted by atomic mass is 9.83. The van der Waals surface area contributed by atoms with Crippen LogP contribution in [0.3, 0.4) is 0 Å². The number of hydrogen-bond acceptors (Lipinski definition) is 3. The van der Waals surface area contributed by atoms with Crippen LogP contribution >= 0.6 is 15.9 Å². The molecule has 1 amide bonds. The van der Waals surface area contributed by atoms with Crippen LogP contribution in [-0.4, -0.2) is 26.2 Å². The monoisotopic (exact) mass is 405 g/mol. The van der Waals surface area contributed by atoms with E-state index < -0.39 is 5.60 Å². The largest absolute Gasteiger partial charge is 0.390 e. The molecule has 0 spiro atoms. The molecule has 4 rings (SSSR count). The van der Waals surface area contributed by atoms with Gasteiger partial charge in [0.1, 0.15) is 5.82 Å². The summed E-state index contributed by atoms with van der Waals surface area (Å²) in [6, 6.07) is 6.49. The number of carbonyl (C=O) groups is 1. The van der Waals surface area contributed by atoms with Gasteiger partial charge in [-0.25, -0.2) is 4.98 Å². The highest BCUT2D eigenvalue weighted by Gasteiger charge is 2.33. The van der Waals surface area contributed by atoms with Crippen molar-refractivity contribution in [1.29, 1.82) is 0 Å². The molecule has 1 aromatic carbocycles. The Kier molecular flexibility index (Phi) is 4.36. The van der Waals surface area contributed by atoms with Gasteiger partial charge in [-0.2, -0.15) is 0 Å². The number of halogens is 1. The zero-order valence-electron chi connectivity index (χ0n) is 14.5. The van der Waals surface area contributed by atoms with Crippen molar-refractivity contribution in [3.05, 3.63) is 28.5 Å². The highest BCUT2D eigenvalue weighted by Crippen LogP contribution is 2.39. The van der Waals surface area contributed by atoms with Gasteiger partial charge in [0, 0.05) is 16.9 Å². The molecule has 1 aliphatic heterocycles. The number of nitrogens with zero attached hydrogens (tertiary/aromatic N) is 2. The van der Waals surface area contributed by atoms with Gasteiger partial charge in [0.2, 0.25) is 5.91 Å². The van der Waals surface area contributed by atoms with Crippen molar-refractivity contribution in [2.75, 3.05) is 0 Å². The van der Waals surface area contributed by atoms with Crippen LogP contribution in [0.1, 0.15) is 69.8 Å². The third-order valence-electron chi connectivity index (χ3n) is 5.62. The Morgan fingerprint density at radius 1 is 1.32 bits per heavy atom. The molecule has 1 unspecified atom stereocenters. The molecular weight excluding hydrogens is 382 g/mol. The number of imidazole rings is 1. The summed E-state index contributed by atoms with van der Waals surface area (Å²) in [6.07, 6.45) is 5.90. The first-order valence-electron chi connectivity index (χ1n) is 9.12. The predicted molar refractivity (Wildman–Crippen MR) is 100 cm³/mol. The summed E-state index contributed by atoms with van der Waals surface area (Å²) in [5, 5.41) is 13.4. The van der Waals surface area contributed by atoms with Crippen molar-refractivity contribution in [3.63, 3.8) is 0 Å². The van der Waals surface area contributed by atoms with Gasteiger partial charge in [-0.3, -0.25) is 4.79 Å². The number of rotatable bonds is 2. The summed E-state index contributed by atoms with van der Waals surface area (Å²) in [5.41, 5.74) is 1.51. The lowest BCUT2D eigenvalue weighted by Gasteiger charge is -2.35. The summed E-state index contributed by atoms with van der Waals surface area (Å²) < 4.78 is 3.34. The molecule has 0 bridgehead atoms. The Bertz CT molecular complexity index is 804. The first-order valence-corrected chi connectivity index (χ1v) is 9.91. The van der Waals surface area contributed by atoms with Crippen molar-refractivity contribution >= 4 is 32.9 Å². The lowest BCUT2D eigenvalue weighted by Crippen LogP contribution is -2.36. The van der Waals surface area contributed by atoms with Crippen LogP contribution in [0.2, 0.25) is 0 Å². The molecule has 2 aliphatic rings. The van der Waals surface area contributed by atoms with E-state index in [1.54, 1.807) is 0 Å². The number of amides is 1. The van der Waals surface area contributed by atoms with E-state index in [0.29, 0.717) is 12.5 Å². The average Bonchev–Trinajstić information content (AvgIpc) is 2.93. The van der Waals surface area contributed by atoms with Crippen molar-refractivity contribution in [1.82, 2.24) is 14.9 Å². The second kappa shape index (κ2) is 6.40. The molecule has 1 saturated carbocycles. The Balaban J connectivity index is 1.77. The maximum Gasteiger partial charge on any atom is 0.220 e. The van der Waals surface area contributed by atoms with E-state index in [-0.39, 0.29) is 11.9 Å². The first kappa shape index (κ1) is 17.0. The lowest BCUT2D eigenvalue weighted by molar-refractivity contribution is -0.123. The SMILES string of the molecule is CC1(O)CCC(n2c(C3CCCC(=O)N3)nc3cc(Br)ccc32)CC1. The van der Waals surface area contributed by atoms with E-state index >= 15 is 0 Å². The number of benzene rings is 1. The minimum Gasteiger partial charge on any atom is -0.390 e. The molecule has 134 valence electrons. The van der Waals surface area contributed by atoms with Gasteiger partial charge in [-0.05, 0) is 63.6 Å². The topological polar surface area (TPSA) is 67.2 Å². The van der Waals surface area contributed by atoms with Crippen LogP contribution in [0.15, 0.2) is 22.7 Å². The maximum absolute atomic E-state index is 11.9. The molecule has 2 aromatic rings. The van der Waals surface area contributed by atoms with Crippen molar-refractivity contribution < 1.29 is 9.90 Å². The van der Waals surface area contributed by atoms with Crippen LogP contribution in [0.25, 0.3) is 11.0 Å². The Labute approximate surface area is 155 Å². The third kappa shape index (κ3) is 3.34. The molecule has 2 fully saturated rings. The maximum atomic E-state index is 11.9. The zero-order chi connectivity index (χ0) is 17.6. The number of aliphatic hydroxyl groups is 1. The summed E-state index contributed by atoms with van der Waals surface area (Å²) >= 11 is 3.53. The summed E-state index contributed by atoms with van der Waals surface area (Å²) in [4.78, 5) is 16.8. The van der Waals surface area contributed by atoms with Gasteiger partial charge < -0.3 is 15.0 Å². The molecular formula is C19H24BrN3O2. The standard InChI is InChI=1S/C19H24BrN3O2/c1-19(25)9-7-13(8-10-19)23-16-6-5-12(20)11-15(16)22-18(23)14-3-2-4-17(24)21-14/h5-6,11,13-14,25H,2-4,7-10H2,1H3,(H,21,24). The molecule has 25 heavy (non-hydrogen) atoms. The van der Waals surface area contributed by atoms with Gasteiger partial charge in [0.25, 0.3) is 0 Å². The number of nitrogens with one attached hydrogen (secondary N) is 1. The van der Waals surface area contributed by atoms with Crippen LogP contribution in [0.4, 0.5) is 0 Å². The molecule has 1 aliphatic carbocycles. The molecule has 1 aromatic heterocycles. The predicted octanol–water partition coefficient (Wildman–Crippen LogP) is 4.01. The smallest absolute Gasteiger partial charge is 0.220 e. The fraction of sp³-hybridized carbons (Fsp3) is 0.579. The van der Waals surface area contributed by atoms with Gasteiger partial charge in [0.15, 0.2) is 0 Å². The minimum atomic E-state index is -0.560. The Morgan fingerprint density at radius 2 is 2.08 bits per heavy atom. The highest BCUT2D eigenvalue weighted by molar-refractivity contribution is 9.10. The number of fused-ring (bicyclic) bond motifs is 1. The second-order valence-corrected chi connectivity index (χ2v) is 8.63. The van der Waals surface area contributed by atoms with E-state index in [2.05, 4.69) is 31.9 Å². The molecule has 1 atom stereocenters. The molecule has 2 N–H and O–H groups in total. The van der Waals surface area contributed by atoms with Crippen molar-refractivity contribution in [2.24, 2.45) is 0 Å². The molecule has 0 radical (unpaired) electrons. The average molecular weight is 406 g/mol. The number of piperidine rings is 1. The number of aromatic nitrogens is 2. The van der Waals surface area contributed by atoms with E-state index in [1.165, 1.54) is 0 Å². The van der Waals surface area contributed by atoms with E-state index in [0.717, 1.165) is 59.9 Å². The van der Waals surface area contributed by atoms with Gasteiger partial charge in [-0.1, -0.05) is 15.9 Å². The summed E-state index contributed by atoms with van der Waals surface area (Å²) in [5.74, 6) is 1.08. The van der Waals surface area contributed by atoms with E-state index in [1.807, 2.05) is 19.1 Å². The third-order valence-corrected chi connectivity index (χ3v) is 6.11. The first-order chi connectivity index (χ1) is 11.9. The second-order valence-electron chi connectivity index (χ2n) is 7.71.